The second kappa shape index (κ2) is 7.12. The predicted molar refractivity (Wildman–Crippen MR) is 115 cm³/mol. The fourth-order valence-electron chi connectivity index (χ4n) is 4.26. The highest BCUT2D eigenvalue weighted by molar-refractivity contribution is 5.79. The van der Waals surface area contributed by atoms with Crippen molar-refractivity contribution in [1.29, 1.82) is 0 Å². The summed E-state index contributed by atoms with van der Waals surface area (Å²) in [5.74, 6) is 1.61. The molecule has 0 radical (unpaired) electrons. The van der Waals surface area contributed by atoms with Crippen LogP contribution in [0.4, 0.5) is 5.69 Å². The maximum atomic E-state index is 5.65. The Bertz CT molecular complexity index is 972. The second-order valence-corrected chi connectivity index (χ2v) is 7.29. The fraction of sp³-hybridized carbons (Fsp3) is 0.250. The van der Waals surface area contributed by atoms with Crippen LogP contribution in [0.5, 0.6) is 11.5 Å². The second-order valence-electron chi connectivity index (χ2n) is 7.29. The van der Waals surface area contributed by atoms with Crippen molar-refractivity contribution in [3.63, 3.8) is 0 Å². The molecule has 0 saturated carbocycles. The maximum absolute atomic E-state index is 5.65. The number of nitrogens with zero attached hydrogens (tertiary/aromatic N) is 2. The summed E-state index contributed by atoms with van der Waals surface area (Å²) >= 11 is 0. The van der Waals surface area contributed by atoms with Crippen LogP contribution in [0, 0.1) is 20.8 Å². The van der Waals surface area contributed by atoms with E-state index < -0.39 is 0 Å². The molecule has 2 aromatic carbocycles. The summed E-state index contributed by atoms with van der Waals surface area (Å²) in [6.45, 7) is 7.26. The van der Waals surface area contributed by atoms with E-state index in [1.807, 2.05) is 18.2 Å². The van der Waals surface area contributed by atoms with Gasteiger partial charge in [0.05, 0.1) is 37.8 Å². The highest BCUT2D eigenvalue weighted by Crippen LogP contribution is 2.42. The summed E-state index contributed by atoms with van der Waals surface area (Å²) in [6.07, 6.45) is 8.57. The molecule has 0 atom stereocenters. The Morgan fingerprint density at radius 1 is 0.929 bits per heavy atom. The molecule has 0 aliphatic carbocycles. The van der Waals surface area contributed by atoms with Gasteiger partial charge < -0.3 is 19.3 Å². The van der Waals surface area contributed by atoms with Gasteiger partial charge in [0.1, 0.15) is 11.5 Å². The number of rotatable bonds is 4. The summed E-state index contributed by atoms with van der Waals surface area (Å²) in [7, 11) is 3.40. The lowest BCUT2D eigenvalue weighted by Crippen LogP contribution is -2.27. The number of hydrogen-bond donors (Lipinski definition) is 0. The summed E-state index contributed by atoms with van der Waals surface area (Å²) in [5.41, 5.74) is 8.35. The predicted octanol–water partition coefficient (Wildman–Crippen LogP) is 5.16. The van der Waals surface area contributed by atoms with Gasteiger partial charge in [0.25, 0.3) is 0 Å². The van der Waals surface area contributed by atoms with Crippen LogP contribution in [0.1, 0.15) is 22.3 Å². The van der Waals surface area contributed by atoms with Gasteiger partial charge in [-0.3, -0.25) is 0 Å². The Labute approximate surface area is 167 Å². The van der Waals surface area contributed by atoms with E-state index in [2.05, 4.69) is 67.1 Å². The third-order valence-electron chi connectivity index (χ3n) is 5.31. The van der Waals surface area contributed by atoms with Crippen LogP contribution in [0.25, 0.3) is 5.70 Å². The van der Waals surface area contributed by atoms with Crippen molar-refractivity contribution in [3.8, 4) is 11.5 Å². The first kappa shape index (κ1) is 18.2. The zero-order valence-electron chi connectivity index (χ0n) is 17.1. The number of allylic oxidation sites excluding steroid dienone is 3. The molecule has 0 spiro atoms. The molecule has 144 valence electrons. The molecule has 0 N–H and O–H groups in total. The van der Waals surface area contributed by atoms with Crippen molar-refractivity contribution >= 4 is 11.4 Å². The Morgan fingerprint density at radius 3 is 2.18 bits per heavy atom. The molecule has 4 rings (SSSR count). The normalized spacial score (nSPS) is 15.3. The monoisotopic (exact) mass is 374 g/mol. The Kier molecular flexibility index (Phi) is 4.63. The first-order chi connectivity index (χ1) is 13.5. The molecule has 0 bridgehead atoms. The van der Waals surface area contributed by atoms with Crippen molar-refractivity contribution in [2.45, 2.75) is 20.8 Å². The van der Waals surface area contributed by atoms with Crippen molar-refractivity contribution in [2.75, 3.05) is 25.8 Å². The van der Waals surface area contributed by atoms with Crippen LogP contribution in [-0.4, -0.2) is 25.8 Å². The van der Waals surface area contributed by atoms with Crippen LogP contribution in [0.3, 0.4) is 0 Å². The SMILES string of the molecule is COc1cccc(OC)c1C1=CC=CC2=CN(c3c(C)cc(C)cc3C)CN21. The van der Waals surface area contributed by atoms with Crippen molar-refractivity contribution in [3.05, 3.63) is 82.7 Å². The number of benzene rings is 2. The third kappa shape index (κ3) is 2.95. The average Bonchev–Trinajstić information content (AvgIpc) is 3.10. The van der Waals surface area contributed by atoms with Gasteiger partial charge in [0, 0.05) is 11.9 Å². The summed E-state index contributed by atoms with van der Waals surface area (Å²) in [5, 5.41) is 0. The number of fused-ring (bicyclic) bond motifs is 1. The molecular formula is C24H26N2O2. The van der Waals surface area contributed by atoms with Gasteiger partial charge in [0.2, 0.25) is 0 Å². The highest BCUT2D eigenvalue weighted by Gasteiger charge is 2.30. The van der Waals surface area contributed by atoms with Crippen LogP contribution < -0.4 is 14.4 Å². The van der Waals surface area contributed by atoms with Crippen LogP contribution in [0.15, 0.2) is 60.5 Å². The van der Waals surface area contributed by atoms with E-state index in [0.29, 0.717) is 0 Å². The molecule has 2 aliphatic rings. The molecule has 0 unspecified atom stereocenters. The van der Waals surface area contributed by atoms with Gasteiger partial charge in [-0.1, -0.05) is 29.8 Å². The minimum absolute atomic E-state index is 0.747. The Hall–Kier alpha value is -3.14. The molecule has 0 saturated heterocycles. The van der Waals surface area contributed by atoms with E-state index in [4.69, 9.17) is 9.47 Å². The van der Waals surface area contributed by atoms with Crippen LogP contribution in [-0.2, 0) is 0 Å². The van der Waals surface area contributed by atoms with Crippen molar-refractivity contribution in [2.24, 2.45) is 0 Å². The largest absolute Gasteiger partial charge is 0.496 e. The Balaban J connectivity index is 1.76. The fourth-order valence-corrected chi connectivity index (χ4v) is 4.26. The minimum atomic E-state index is 0.747. The Morgan fingerprint density at radius 2 is 1.57 bits per heavy atom. The quantitative estimate of drug-likeness (QED) is 0.738. The molecule has 0 fully saturated rings. The molecule has 2 heterocycles. The molecule has 4 heteroatoms. The summed E-state index contributed by atoms with van der Waals surface area (Å²) in [4.78, 5) is 4.63. The molecule has 28 heavy (non-hydrogen) atoms. The molecule has 2 aromatic rings. The lowest BCUT2D eigenvalue weighted by atomic mass is 10.0. The van der Waals surface area contributed by atoms with Gasteiger partial charge in [-0.05, 0) is 56.2 Å². The summed E-state index contributed by atoms with van der Waals surface area (Å²) < 4.78 is 11.3. The van der Waals surface area contributed by atoms with Crippen molar-refractivity contribution < 1.29 is 9.47 Å². The van der Waals surface area contributed by atoms with E-state index in [9.17, 15) is 0 Å². The maximum Gasteiger partial charge on any atom is 0.131 e. The van der Waals surface area contributed by atoms with Gasteiger partial charge >= 0.3 is 0 Å². The topological polar surface area (TPSA) is 24.9 Å². The molecule has 2 aliphatic heterocycles. The van der Waals surface area contributed by atoms with E-state index in [0.717, 1.165) is 35.1 Å². The van der Waals surface area contributed by atoms with E-state index in [1.54, 1.807) is 14.2 Å². The van der Waals surface area contributed by atoms with Crippen LogP contribution in [0.2, 0.25) is 0 Å². The number of aryl methyl sites for hydroxylation is 3. The zero-order valence-corrected chi connectivity index (χ0v) is 17.1. The summed E-state index contributed by atoms with van der Waals surface area (Å²) in [6, 6.07) is 10.4. The highest BCUT2D eigenvalue weighted by atomic mass is 16.5. The van der Waals surface area contributed by atoms with Gasteiger partial charge in [-0.25, -0.2) is 0 Å². The lowest BCUT2D eigenvalue weighted by Gasteiger charge is -2.30. The number of methoxy groups -OCH3 is 2. The van der Waals surface area contributed by atoms with Crippen LogP contribution >= 0.6 is 0 Å². The number of hydrogen-bond acceptors (Lipinski definition) is 4. The average molecular weight is 374 g/mol. The number of anilines is 1. The standard InChI is InChI=1S/C24H26N2O2/c1-16-12-17(2)24(18(3)13-16)25-14-19-8-6-9-20(26(19)15-25)23-21(27-4)10-7-11-22(23)28-5/h6-14H,15H2,1-5H3. The van der Waals surface area contributed by atoms with E-state index in [1.165, 1.54) is 22.4 Å². The van der Waals surface area contributed by atoms with Gasteiger partial charge in [-0.2, -0.15) is 0 Å². The zero-order chi connectivity index (χ0) is 19.8. The van der Waals surface area contributed by atoms with Gasteiger partial charge in [0.15, 0.2) is 0 Å². The van der Waals surface area contributed by atoms with Crippen molar-refractivity contribution in [1.82, 2.24) is 4.90 Å². The van der Waals surface area contributed by atoms with E-state index in [-0.39, 0.29) is 0 Å². The van der Waals surface area contributed by atoms with E-state index >= 15 is 0 Å². The molecular weight excluding hydrogens is 348 g/mol. The first-order valence-electron chi connectivity index (χ1n) is 9.47. The lowest BCUT2D eigenvalue weighted by molar-refractivity contribution is 0.388. The molecule has 0 aromatic heterocycles. The number of ether oxygens (including phenoxy) is 2. The van der Waals surface area contributed by atoms with Gasteiger partial charge in [-0.15, -0.1) is 0 Å². The minimum Gasteiger partial charge on any atom is -0.496 e. The first-order valence-corrected chi connectivity index (χ1v) is 9.47. The molecule has 4 nitrogen and oxygen atoms in total. The smallest absolute Gasteiger partial charge is 0.131 e. The molecule has 0 amide bonds. The third-order valence-corrected chi connectivity index (χ3v) is 5.31.